The van der Waals surface area contributed by atoms with Crippen LogP contribution in [0.2, 0.25) is 0 Å². The highest BCUT2D eigenvalue weighted by molar-refractivity contribution is 7.89. The first-order chi connectivity index (χ1) is 8.05. The van der Waals surface area contributed by atoms with E-state index in [9.17, 15) is 8.42 Å². The molecule has 1 rings (SSSR count). The molecule has 0 aromatic carbocycles. The lowest BCUT2D eigenvalue weighted by Gasteiger charge is -2.08. The molecule has 1 heterocycles. The average Bonchev–Trinajstić information content (AvgIpc) is 2.28. The first-order valence-electron chi connectivity index (χ1n) is 5.66. The van der Waals surface area contributed by atoms with E-state index in [0.717, 1.165) is 25.7 Å². The van der Waals surface area contributed by atoms with Crippen molar-refractivity contribution < 1.29 is 13.2 Å². The second kappa shape index (κ2) is 6.56. The van der Waals surface area contributed by atoms with E-state index in [1.165, 1.54) is 18.3 Å². The number of aromatic nitrogens is 1. The smallest absolute Gasteiger partial charge is 0.243 e. The zero-order valence-electron chi connectivity index (χ0n) is 9.93. The van der Waals surface area contributed by atoms with Gasteiger partial charge in [-0.15, -0.1) is 0 Å². The summed E-state index contributed by atoms with van der Waals surface area (Å²) in [5.41, 5.74) is 0. The van der Waals surface area contributed by atoms with Crippen molar-refractivity contribution in [2.24, 2.45) is 5.14 Å². The molecule has 0 spiro atoms. The lowest BCUT2D eigenvalue weighted by molar-refractivity contribution is 0.286. The van der Waals surface area contributed by atoms with Crippen LogP contribution < -0.4 is 9.88 Å². The third kappa shape index (κ3) is 4.70. The second-order valence-corrected chi connectivity index (χ2v) is 5.29. The van der Waals surface area contributed by atoms with Crippen LogP contribution in [0.15, 0.2) is 23.2 Å². The first-order valence-corrected chi connectivity index (χ1v) is 7.21. The Morgan fingerprint density at radius 3 is 2.76 bits per heavy atom. The lowest BCUT2D eigenvalue weighted by atomic mass is 10.2. The van der Waals surface area contributed by atoms with Crippen LogP contribution >= 0.6 is 0 Å². The molecule has 0 aliphatic heterocycles. The normalized spacial score (nSPS) is 11.4. The summed E-state index contributed by atoms with van der Waals surface area (Å²) in [6.45, 7) is 2.58. The van der Waals surface area contributed by atoms with Crippen LogP contribution in [0.3, 0.4) is 0 Å². The summed E-state index contributed by atoms with van der Waals surface area (Å²) >= 11 is 0. The average molecular weight is 258 g/mol. The van der Waals surface area contributed by atoms with E-state index in [2.05, 4.69) is 11.9 Å². The Hall–Kier alpha value is -1.14. The van der Waals surface area contributed by atoms with Crippen molar-refractivity contribution in [3.63, 3.8) is 0 Å². The van der Waals surface area contributed by atoms with Crippen molar-refractivity contribution in [3.05, 3.63) is 18.3 Å². The monoisotopic (exact) mass is 258 g/mol. The molecule has 0 amide bonds. The fraction of sp³-hybridized carbons (Fsp3) is 0.545. The SMILES string of the molecule is CCCCCCOc1ncccc1S(N)(=O)=O. The number of sulfonamides is 1. The summed E-state index contributed by atoms with van der Waals surface area (Å²) in [6.07, 6.45) is 5.72. The number of primary sulfonamides is 1. The van der Waals surface area contributed by atoms with E-state index in [0.29, 0.717) is 6.61 Å². The zero-order chi connectivity index (χ0) is 12.7. The van der Waals surface area contributed by atoms with E-state index in [-0.39, 0.29) is 10.8 Å². The highest BCUT2D eigenvalue weighted by Crippen LogP contribution is 2.18. The lowest BCUT2D eigenvalue weighted by Crippen LogP contribution is -2.14. The third-order valence-corrected chi connectivity index (χ3v) is 3.20. The summed E-state index contributed by atoms with van der Waals surface area (Å²) < 4.78 is 27.8. The Morgan fingerprint density at radius 1 is 1.35 bits per heavy atom. The first kappa shape index (κ1) is 13.9. The number of nitrogens with zero attached hydrogens (tertiary/aromatic N) is 1. The predicted octanol–water partition coefficient (Wildman–Crippen LogP) is 1.69. The van der Waals surface area contributed by atoms with Gasteiger partial charge >= 0.3 is 0 Å². The van der Waals surface area contributed by atoms with Crippen molar-refractivity contribution in [2.45, 2.75) is 37.5 Å². The van der Waals surface area contributed by atoms with Crippen LogP contribution in [-0.2, 0) is 10.0 Å². The van der Waals surface area contributed by atoms with Crippen molar-refractivity contribution in [1.29, 1.82) is 0 Å². The fourth-order valence-corrected chi connectivity index (χ4v) is 2.02. The van der Waals surface area contributed by atoms with Crippen LogP contribution in [0.25, 0.3) is 0 Å². The molecular weight excluding hydrogens is 240 g/mol. The topological polar surface area (TPSA) is 82.3 Å². The van der Waals surface area contributed by atoms with Gasteiger partial charge in [0.1, 0.15) is 4.90 Å². The number of hydrogen-bond acceptors (Lipinski definition) is 4. The van der Waals surface area contributed by atoms with Crippen LogP contribution in [0.5, 0.6) is 5.88 Å². The van der Waals surface area contributed by atoms with Gasteiger partial charge in [0, 0.05) is 6.20 Å². The van der Waals surface area contributed by atoms with Crippen molar-refractivity contribution in [3.8, 4) is 5.88 Å². The molecule has 96 valence electrons. The summed E-state index contributed by atoms with van der Waals surface area (Å²) in [5.74, 6) is 0.0894. The largest absolute Gasteiger partial charge is 0.477 e. The second-order valence-electron chi connectivity index (χ2n) is 3.76. The van der Waals surface area contributed by atoms with Gasteiger partial charge < -0.3 is 4.74 Å². The number of nitrogens with two attached hydrogens (primary N) is 1. The molecule has 0 radical (unpaired) electrons. The van der Waals surface area contributed by atoms with Crippen molar-refractivity contribution in [2.75, 3.05) is 6.61 Å². The maximum absolute atomic E-state index is 11.2. The molecule has 0 bridgehead atoms. The number of hydrogen-bond donors (Lipinski definition) is 1. The molecule has 0 fully saturated rings. The highest BCUT2D eigenvalue weighted by Gasteiger charge is 2.15. The van der Waals surface area contributed by atoms with E-state index in [1.54, 1.807) is 0 Å². The molecule has 1 aromatic heterocycles. The number of rotatable bonds is 7. The molecule has 0 aliphatic carbocycles. The van der Waals surface area contributed by atoms with E-state index >= 15 is 0 Å². The summed E-state index contributed by atoms with van der Waals surface area (Å²) in [5, 5.41) is 5.06. The molecule has 0 unspecified atom stereocenters. The maximum atomic E-state index is 11.2. The molecule has 17 heavy (non-hydrogen) atoms. The van der Waals surface area contributed by atoms with Gasteiger partial charge in [-0.3, -0.25) is 0 Å². The molecule has 5 nitrogen and oxygen atoms in total. The Labute approximate surface area is 102 Å². The van der Waals surface area contributed by atoms with Gasteiger partial charge in [0.15, 0.2) is 0 Å². The number of pyridine rings is 1. The Bertz CT molecular complexity index is 446. The molecule has 2 N–H and O–H groups in total. The Kier molecular flexibility index (Phi) is 5.37. The van der Waals surface area contributed by atoms with Gasteiger partial charge in [0.2, 0.25) is 15.9 Å². The van der Waals surface area contributed by atoms with Crippen LogP contribution in [0.4, 0.5) is 0 Å². The van der Waals surface area contributed by atoms with Crippen LogP contribution in [-0.4, -0.2) is 20.0 Å². The van der Waals surface area contributed by atoms with Crippen LogP contribution in [0.1, 0.15) is 32.6 Å². The quantitative estimate of drug-likeness (QED) is 0.754. The molecule has 6 heteroatoms. The number of unbranched alkanes of at least 4 members (excludes halogenated alkanes) is 3. The van der Waals surface area contributed by atoms with E-state index in [4.69, 9.17) is 9.88 Å². The minimum atomic E-state index is -3.77. The highest BCUT2D eigenvalue weighted by atomic mass is 32.2. The zero-order valence-corrected chi connectivity index (χ0v) is 10.7. The molecule has 0 saturated heterocycles. The van der Waals surface area contributed by atoms with Gasteiger partial charge in [-0.2, -0.15) is 0 Å². The molecule has 0 saturated carbocycles. The van der Waals surface area contributed by atoms with Gasteiger partial charge in [0.05, 0.1) is 6.61 Å². The predicted molar refractivity (Wildman–Crippen MR) is 65.2 cm³/mol. The minimum Gasteiger partial charge on any atom is -0.477 e. The fourth-order valence-electron chi connectivity index (χ4n) is 1.40. The van der Waals surface area contributed by atoms with Gasteiger partial charge in [0.25, 0.3) is 0 Å². The summed E-state index contributed by atoms with van der Waals surface area (Å²) in [7, 11) is -3.77. The molecular formula is C11H18N2O3S. The molecule has 1 aromatic rings. The van der Waals surface area contributed by atoms with E-state index in [1.807, 2.05) is 0 Å². The summed E-state index contributed by atoms with van der Waals surface area (Å²) in [6, 6.07) is 2.91. The molecule has 0 aliphatic rings. The summed E-state index contributed by atoms with van der Waals surface area (Å²) in [4.78, 5) is 3.82. The Balaban J connectivity index is 2.59. The Morgan fingerprint density at radius 2 is 2.12 bits per heavy atom. The maximum Gasteiger partial charge on any atom is 0.243 e. The number of ether oxygens (including phenoxy) is 1. The van der Waals surface area contributed by atoms with E-state index < -0.39 is 10.0 Å². The standard InChI is InChI=1S/C11H18N2O3S/c1-2-3-4-5-9-16-11-10(17(12,14)15)7-6-8-13-11/h6-8H,2-5,9H2,1H3,(H2,12,14,15). The van der Waals surface area contributed by atoms with Gasteiger partial charge in [-0.05, 0) is 18.6 Å². The van der Waals surface area contributed by atoms with Crippen molar-refractivity contribution >= 4 is 10.0 Å². The van der Waals surface area contributed by atoms with Gasteiger partial charge in [-0.1, -0.05) is 26.2 Å². The molecule has 0 atom stereocenters. The van der Waals surface area contributed by atoms with Crippen LogP contribution in [0, 0.1) is 0 Å². The third-order valence-electron chi connectivity index (χ3n) is 2.28. The van der Waals surface area contributed by atoms with Gasteiger partial charge in [-0.25, -0.2) is 18.5 Å². The van der Waals surface area contributed by atoms with Crippen molar-refractivity contribution in [1.82, 2.24) is 4.98 Å². The minimum absolute atomic E-state index is 0.0597.